The molecule has 2 rings (SSSR count). The van der Waals surface area contributed by atoms with Crippen LogP contribution in [-0.4, -0.2) is 46.3 Å². The van der Waals surface area contributed by atoms with E-state index in [1.807, 2.05) is 33.2 Å². The maximum absolute atomic E-state index is 12.6. The van der Waals surface area contributed by atoms with Crippen LogP contribution < -0.4 is 10.6 Å². The van der Waals surface area contributed by atoms with Crippen LogP contribution >= 0.6 is 11.8 Å². The summed E-state index contributed by atoms with van der Waals surface area (Å²) in [6.45, 7) is 3.51. The monoisotopic (exact) mass is 447 g/mol. The van der Waals surface area contributed by atoms with Crippen molar-refractivity contribution < 1.29 is 12.8 Å². The second kappa shape index (κ2) is 11.7. The SMILES string of the molecule is C#CCNC(=CS(=O)(=O)c1ccc(C)cc1)NCCSCc1ccc(CN(C)C)o1. The Labute approximate surface area is 184 Å². The van der Waals surface area contributed by atoms with Crippen molar-refractivity contribution in [2.45, 2.75) is 24.1 Å². The van der Waals surface area contributed by atoms with Crippen molar-refractivity contribution in [1.82, 2.24) is 15.5 Å². The first-order valence-electron chi connectivity index (χ1n) is 9.55. The van der Waals surface area contributed by atoms with Gasteiger partial charge in [0.15, 0.2) is 0 Å². The van der Waals surface area contributed by atoms with Gasteiger partial charge in [0.2, 0.25) is 9.84 Å². The van der Waals surface area contributed by atoms with Gasteiger partial charge in [0.1, 0.15) is 17.3 Å². The van der Waals surface area contributed by atoms with Crippen molar-refractivity contribution in [3.05, 3.63) is 64.7 Å². The Bertz CT molecular complexity index is 972. The largest absolute Gasteiger partial charge is 0.464 e. The van der Waals surface area contributed by atoms with Crippen LogP contribution in [-0.2, 0) is 22.1 Å². The topological polar surface area (TPSA) is 74.6 Å². The molecule has 2 aromatic rings. The normalized spacial score (nSPS) is 12.0. The lowest BCUT2D eigenvalue weighted by molar-refractivity contribution is 0.344. The van der Waals surface area contributed by atoms with Crippen LogP contribution in [0.2, 0.25) is 0 Å². The molecule has 0 aliphatic rings. The fraction of sp³-hybridized carbons (Fsp3) is 0.364. The highest BCUT2D eigenvalue weighted by Gasteiger charge is 2.13. The first-order chi connectivity index (χ1) is 14.3. The lowest BCUT2D eigenvalue weighted by atomic mass is 10.2. The maximum Gasteiger partial charge on any atom is 0.203 e. The molecule has 1 heterocycles. The van der Waals surface area contributed by atoms with Gasteiger partial charge in [-0.2, -0.15) is 11.8 Å². The van der Waals surface area contributed by atoms with E-state index in [9.17, 15) is 8.42 Å². The molecule has 0 saturated heterocycles. The van der Waals surface area contributed by atoms with Crippen LogP contribution in [0.15, 0.2) is 56.9 Å². The highest BCUT2D eigenvalue weighted by atomic mass is 32.2. The molecule has 0 aliphatic carbocycles. The van der Waals surface area contributed by atoms with Crippen LogP contribution in [0.3, 0.4) is 0 Å². The van der Waals surface area contributed by atoms with E-state index in [2.05, 4.69) is 21.5 Å². The number of nitrogens with zero attached hydrogens (tertiary/aromatic N) is 1. The van der Waals surface area contributed by atoms with Gasteiger partial charge in [-0.3, -0.25) is 0 Å². The highest BCUT2D eigenvalue weighted by molar-refractivity contribution is 7.98. The molecule has 0 bridgehead atoms. The Balaban J connectivity index is 1.88. The third kappa shape index (κ3) is 8.19. The minimum atomic E-state index is -3.58. The van der Waals surface area contributed by atoms with Crippen LogP contribution in [0.5, 0.6) is 0 Å². The number of hydrogen-bond donors (Lipinski definition) is 2. The lowest BCUT2D eigenvalue weighted by Crippen LogP contribution is -2.29. The Kier molecular flexibility index (Phi) is 9.37. The Morgan fingerprint density at radius 2 is 1.87 bits per heavy atom. The number of sulfone groups is 1. The van der Waals surface area contributed by atoms with Crippen molar-refractivity contribution in [2.75, 3.05) is 32.9 Å². The van der Waals surface area contributed by atoms with E-state index in [0.29, 0.717) is 12.4 Å². The molecule has 1 aromatic heterocycles. The Morgan fingerprint density at radius 1 is 1.17 bits per heavy atom. The van der Waals surface area contributed by atoms with Gasteiger partial charge in [-0.15, -0.1) is 6.42 Å². The number of furan rings is 1. The van der Waals surface area contributed by atoms with Crippen molar-refractivity contribution >= 4 is 21.6 Å². The van der Waals surface area contributed by atoms with Gasteiger partial charge < -0.3 is 20.0 Å². The average molecular weight is 448 g/mol. The van der Waals surface area contributed by atoms with Gasteiger partial charge in [0, 0.05) is 12.3 Å². The lowest BCUT2D eigenvalue weighted by Gasteiger charge is -2.12. The first kappa shape index (κ1) is 23.9. The molecule has 0 atom stereocenters. The summed E-state index contributed by atoms with van der Waals surface area (Å²) < 4.78 is 31.1. The summed E-state index contributed by atoms with van der Waals surface area (Å²) in [6, 6.07) is 10.7. The molecule has 8 heteroatoms. The zero-order valence-electron chi connectivity index (χ0n) is 17.6. The smallest absolute Gasteiger partial charge is 0.203 e. The summed E-state index contributed by atoms with van der Waals surface area (Å²) >= 11 is 1.71. The number of terminal acetylenes is 1. The van der Waals surface area contributed by atoms with Crippen LogP contribution in [0, 0.1) is 19.3 Å². The van der Waals surface area contributed by atoms with Gasteiger partial charge in [0.25, 0.3) is 0 Å². The van der Waals surface area contributed by atoms with Gasteiger partial charge >= 0.3 is 0 Å². The molecule has 0 fully saturated rings. The summed E-state index contributed by atoms with van der Waals surface area (Å²) in [6.07, 6.45) is 5.31. The van der Waals surface area contributed by atoms with Gasteiger partial charge in [-0.1, -0.05) is 23.6 Å². The summed E-state index contributed by atoms with van der Waals surface area (Å²) in [7, 11) is 0.421. The van der Waals surface area contributed by atoms with E-state index in [1.165, 1.54) is 5.41 Å². The van der Waals surface area contributed by atoms with E-state index in [-0.39, 0.29) is 11.4 Å². The number of thioether (sulfide) groups is 1. The van der Waals surface area contributed by atoms with E-state index in [0.717, 1.165) is 35.1 Å². The van der Waals surface area contributed by atoms with Crippen molar-refractivity contribution in [1.29, 1.82) is 0 Å². The van der Waals surface area contributed by atoms with Gasteiger partial charge in [-0.25, -0.2) is 8.42 Å². The second-order valence-corrected chi connectivity index (χ2v) is 9.93. The van der Waals surface area contributed by atoms with E-state index in [1.54, 1.807) is 36.0 Å². The maximum atomic E-state index is 12.6. The van der Waals surface area contributed by atoms with Crippen molar-refractivity contribution in [3.8, 4) is 12.3 Å². The van der Waals surface area contributed by atoms with Crippen molar-refractivity contribution in [3.63, 3.8) is 0 Å². The summed E-state index contributed by atoms with van der Waals surface area (Å²) in [5.74, 6) is 6.26. The molecule has 0 aliphatic heterocycles. The van der Waals surface area contributed by atoms with E-state index >= 15 is 0 Å². The predicted octanol–water partition coefficient (Wildman–Crippen LogP) is 2.97. The Hall–Kier alpha value is -2.34. The summed E-state index contributed by atoms with van der Waals surface area (Å²) in [4.78, 5) is 2.30. The Morgan fingerprint density at radius 3 is 2.53 bits per heavy atom. The number of hydrogen-bond acceptors (Lipinski definition) is 7. The fourth-order valence-corrected chi connectivity index (χ4v) is 4.45. The number of nitrogens with one attached hydrogen (secondary N) is 2. The third-order valence-electron chi connectivity index (χ3n) is 4.00. The molecule has 162 valence electrons. The predicted molar refractivity (Wildman–Crippen MR) is 124 cm³/mol. The van der Waals surface area contributed by atoms with Crippen molar-refractivity contribution in [2.24, 2.45) is 0 Å². The minimum Gasteiger partial charge on any atom is -0.464 e. The molecule has 0 saturated carbocycles. The summed E-state index contributed by atoms with van der Waals surface area (Å²) in [5, 5.41) is 7.26. The number of rotatable bonds is 12. The van der Waals surface area contributed by atoms with Gasteiger partial charge in [0.05, 0.1) is 29.1 Å². The molecule has 2 N–H and O–H groups in total. The molecular formula is C22H29N3O3S2. The average Bonchev–Trinajstić information content (AvgIpc) is 3.12. The molecule has 0 amide bonds. The van der Waals surface area contributed by atoms with Crippen LogP contribution in [0.4, 0.5) is 0 Å². The zero-order chi connectivity index (χ0) is 22.0. The molecule has 0 spiro atoms. The zero-order valence-corrected chi connectivity index (χ0v) is 19.3. The molecular weight excluding hydrogens is 418 g/mol. The molecule has 1 aromatic carbocycles. The number of benzene rings is 1. The number of aryl methyl sites for hydroxylation is 1. The van der Waals surface area contributed by atoms with E-state index < -0.39 is 9.84 Å². The van der Waals surface area contributed by atoms with Crippen LogP contribution in [0.1, 0.15) is 17.1 Å². The highest BCUT2D eigenvalue weighted by Crippen LogP contribution is 2.16. The minimum absolute atomic E-state index is 0.233. The third-order valence-corrected chi connectivity index (χ3v) is 6.46. The quantitative estimate of drug-likeness (QED) is 0.383. The fourth-order valence-electron chi connectivity index (χ4n) is 2.57. The second-order valence-electron chi connectivity index (χ2n) is 7.03. The molecule has 0 unspecified atom stereocenters. The standard InChI is InChI=1S/C22H29N3O3S2/c1-5-12-23-22(17-30(26,27)21-10-6-18(2)7-11-21)24-13-14-29-16-20-9-8-19(28-20)15-25(3)4/h1,6-11,17,23-24H,12-16H2,2-4H3. The molecule has 30 heavy (non-hydrogen) atoms. The van der Waals surface area contributed by atoms with E-state index in [4.69, 9.17) is 10.8 Å². The van der Waals surface area contributed by atoms with Crippen LogP contribution in [0.25, 0.3) is 0 Å². The van der Waals surface area contributed by atoms with Gasteiger partial charge in [-0.05, 0) is 45.3 Å². The first-order valence-corrected chi connectivity index (χ1v) is 12.2. The summed E-state index contributed by atoms with van der Waals surface area (Å²) in [5.41, 5.74) is 1.00. The molecule has 0 radical (unpaired) electrons. The molecule has 6 nitrogen and oxygen atoms in total.